The minimum absolute atomic E-state index is 0.0743. The number of aromatic nitrogens is 2. The van der Waals surface area contributed by atoms with E-state index in [0.717, 1.165) is 24.4 Å². The third kappa shape index (κ3) is 4.81. The number of rotatable bonds is 6. The Labute approximate surface area is 100 Å². The number of hydrogen-bond donors (Lipinski definition) is 2. The van der Waals surface area contributed by atoms with Crippen LogP contribution in [0.25, 0.3) is 0 Å². The van der Waals surface area contributed by atoms with Crippen LogP contribution in [0.15, 0.2) is 16.0 Å². The molecule has 0 radical (unpaired) electrons. The van der Waals surface area contributed by atoms with Crippen molar-refractivity contribution in [1.82, 2.24) is 15.3 Å². The van der Waals surface area contributed by atoms with Gasteiger partial charge in [0.25, 0.3) is 5.56 Å². The van der Waals surface area contributed by atoms with Gasteiger partial charge in [-0.2, -0.15) is 0 Å². The highest BCUT2D eigenvalue weighted by molar-refractivity contribution is 7.99. The molecule has 0 saturated heterocycles. The maximum absolute atomic E-state index is 11.2. The Morgan fingerprint density at radius 2 is 2.38 bits per heavy atom. The summed E-state index contributed by atoms with van der Waals surface area (Å²) >= 11 is 1.60. The molecule has 1 heterocycles. The summed E-state index contributed by atoms with van der Waals surface area (Å²) in [6.07, 6.45) is 1.07. The Morgan fingerprint density at radius 1 is 1.62 bits per heavy atom. The fourth-order valence-electron chi connectivity index (χ4n) is 1.40. The first-order valence-electron chi connectivity index (χ1n) is 5.56. The molecule has 1 unspecified atom stereocenters. The Hall–Kier alpha value is -0.810. The first kappa shape index (κ1) is 13.3. The molecule has 0 aliphatic heterocycles. The second-order valence-corrected chi connectivity index (χ2v) is 4.87. The van der Waals surface area contributed by atoms with Crippen LogP contribution >= 0.6 is 11.8 Å². The minimum Gasteiger partial charge on any atom is -0.315 e. The van der Waals surface area contributed by atoms with E-state index < -0.39 is 0 Å². The van der Waals surface area contributed by atoms with Crippen LogP contribution in [0.2, 0.25) is 0 Å². The second-order valence-electron chi connectivity index (χ2n) is 3.79. The third-order valence-corrected chi connectivity index (χ3v) is 3.10. The van der Waals surface area contributed by atoms with E-state index in [0.29, 0.717) is 11.2 Å². The lowest BCUT2D eigenvalue weighted by molar-refractivity contribution is 0.556. The summed E-state index contributed by atoms with van der Waals surface area (Å²) < 4.78 is 0. The smallest absolute Gasteiger partial charge is 0.251 e. The van der Waals surface area contributed by atoms with E-state index in [1.165, 1.54) is 6.07 Å². The van der Waals surface area contributed by atoms with Crippen LogP contribution in [0.4, 0.5) is 0 Å². The molecule has 1 rings (SSSR count). The maximum Gasteiger partial charge on any atom is 0.251 e. The Bertz CT molecular complexity index is 378. The van der Waals surface area contributed by atoms with Gasteiger partial charge in [-0.15, -0.1) is 0 Å². The molecular weight excluding hydrogens is 222 g/mol. The zero-order valence-electron chi connectivity index (χ0n) is 10.0. The van der Waals surface area contributed by atoms with Gasteiger partial charge in [-0.25, -0.2) is 4.98 Å². The van der Waals surface area contributed by atoms with E-state index in [2.05, 4.69) is 29.1 Å². The van der Waals surface area contributed by atoms with Crippen molar-refractivity contribution in [1.29, 1.82) is 0 Å². The molecular formula is C11H19N3OS. The van der Waals surface area contributed by atoms with Gasteiger partial charge in [-0.3, -0.25) is 4.79 Å². The molecule has 2 N–H and O–H groups in total. The molecule has 5 heteroatoms. The lowest BCUT2D eigenvalue weighted by Crippen LogP contribution is -2.25. The highest BCUT2D eigenvalue weighted by Crippen LogP contribution is 2.13. The number of thioether (sulfide) groups is 1. The van der Waals surface area contributed by atoms with E-state index in [1.807, 2.05) is 6.92 Å². The Balaban J connectivity index is 2.40. The number of aryl methyl sites for hydroxylation is 1. The standard InChI is InChI=1S/C11H19N3OS/c1-4-12-8(2)5-6-16-11-13-9(3)7-10(15)14-11/h7-8,12H,4-6H2,1-3H3,(H,13,14,15). The summed E-state index contributed by atoms with van der Waals surface area (Å²) in [7, 11) is 0. The predicted molar refractivity (Wildman–Crippen MR) is 68.1 cm³/mol. The Kier molecular flexibility index (Phi) is 5.55. The van der Waals surface area contributed by atoms with Crippen molar-refractivity contribution in [3.05, 3.63) is 22.1 Å². The van der Waals surface area contributed by atoms with Crippen molar-refractivity contribution in [2.24, 2.45) is 0 Å². The van der Waals surface area contributed by atoms with Crippen LogP contribution in [-0.2, 0) is 0 Å². The van der Waals surface area contributed by atoms with Crippen molar-refractivity contribution < 1.29 is 0 Å². The van der Waals surface area contributed by atoms with E-state index in [4.69, 9.17) is 0 Å². The van der Waals surface area contributed by atoms with Gasteiger partial charge in [0.1, 0.15) is 0 Å². The quantitative estimate of drug-likeness (QED) is 0.586. The van der Waals surface area contributed by atoms with Crippen molar-refractivity contribution in [3.8, 4) is 0 Å². The third-order valence-electron chi connectivity index (χ3n) is 2.19. The zero-order valence-corrected chi connectivity index (χ0v) is 10.9. The predicted octanol–water partition coefficient (Wildman–Crippen LogP) is 1.56. The SMILES string of the molecule is CCNC(C)CCSc1nc(C)cc(=O)[nH]1. The topological polar surface area (TPSA) is 57.8 Å². The second kappa shape index (κ2) is 6.70. The summed E-state index contributed by atoms with van der Waals surface area (Å²) in [5.74, 6) is 0.959. The monoisotopic (exact) mass is 241 g/mol. The molecule has 0 fully saturated rings. The van der Waals surface area contributed by atoms with E-state index in [-0.39, 0.29) is 5.56 Å². The Morgan fingerprint density at radius 3 is 3.00 bits per heavy atom. The zero-order chi connectivity index (χ0) is 12.0. The van der Waals surface area contributed by atoms with Crippen LogP contribution in [0.3, 0.4) is 0 Å². The fraction of sp³-hybridized carbons (Fsp3) is 0.636. The molecule has 0 bridgehead atoms. The molecule has 0 amide bonds. The molecule has 0 saturated carbocycles. The van der Waals surface area contributed by atoms with Gasteiger partial charge in [-0.1, -0.05) is 18.7 Å². The molecule has 1 aromatic rings. The lowest BCUT2D eigenvalue weighted by Gasteiger charge is -2.10. The van der Waals surface area contributed by atoms with E-state index in [1.54, 1.807) is 11.8 Å². The number of H-pyrrole nitrogens is 1. The molecule has 0 spiro atoms. The van der Waals surface area contributed by atoms with Crippen LogP contribution in [0.1, 0.15) is 26.0 Å². The van der Waals surface area contributed by atoms with Gasteiger partial charge in [0.15, 0.2) is 5.16 Å². The molecule has 1 atom stereocenters. The van der Waals surface area contributed by atoms with Gasteiger partial charge in [0, 0.05) is 23.6 Å². The van der Waals surface area contributed by atoms with Gasteiger partial charge < -0.3 is 10.3 Å². The molecule has 16 heavy (non-hydrogen) atoms. The summed E-state index contributed by atoms with van der Waals surface area (Å²) in [5, 5.41) is 4.07. The van der Waals surface area contributed by atoms with Crippen molar-refractivity contribution in [2.45, 2.75) is 38.4 Å². The molecule has 0 aromatic carbocycles. The van der Waals surface area contributed by atoms with Crippen molar-refractivity contribution >= 4 is 11.8 Å². The van der Waals surface area contributed by atoms with Gasteiger partial charge >= 0.3 is 0 Å². The number of hydrogen-bond acceptors (Lipinski definition) is 4. The normalized spacial score (nSPS) is 12.7. The summed E-state index contributed by atoms with van der Waals surface area (Å²) in [6, 6.07) is 2.01. The van der Waals surface area contributed by atoms with Crippen molar-refractivity contribution in [2.75, 3.05) is 12.3 Å². The van der Waals surface area contributed by atoms with E-state index >= 15 is 0 Å². The largest absolute Gasteiger partial charge is 0.315 e. The highest BCUT2D eigenvalue weighted by Gasteiger charge is 2.02. The van der Waals surface area contributed by atoms with E-state index in [9.17, 15) is 4.79 Å². The summed E-state index contributed by atoms with van der Waals surface area (Å²) in [4.78, 5) is 18.2. The van der Waals surface area contributed by atoms with Crippen LogP contribution in [-0.4, -0.2) is 28.3 Å². The number of nitrogens with one attached hydrogen (secondary N) is 2. The molecule has 90 valence electrons. The van der Waals surface area contributed by atoms with Gasteiger partial charge in [0.2, 0.25) is 0 Å². The summed E-state index contributed by atoms with van der Waals surface area (Å²) in [6.45, 7) is 7.09. The first-order valence-corrected chi connectivity index (χ1v) is 6.54. The van der Waals surface area contributed by atoms with Crippen LogP contribution < -0.4 is 10.9 Å². The molecule has 0 aliphatic carbocycles. The van der Waals surface area contributed by atoms with Crippen molar-refractivity contribution in [3.63, 3.8) is 0 Å². The lowest BCUT2D eigenvalue weighted by atomic mass is 10.3. The minimum atomic E-state index is -0.0743. The number of aromatic amines is 1. The average Bonchev–Trinajstić information content (AvgIpc) is 2.16. The van der Waals surface area contributed by atoms with Crippen LogP contribution in [0.5, 0.6) is 0 Å². The first-order chi connectivity index (χ1) is 7.61. The molecule has 1 aromatic heterocycles. The maximum atomic E-state index is 11.2. The number of nitrogens with zero attached hydrogens (tertiary/aromatic N) is 1. The van der Waals surface area contributed by atoms with Gasteiger partial charge in [0.05, 0.1) is 0 Å². The van der Waals surface area contributed by atoms with Gasteiger partial charge in [-0.05, 0) is 26.8 Å². The molecule has 4 nitrogen and oxygen atoms in total. The fourth-order valence-corrected chi connectivity index (χ4v) is 2.45. The average molecular weight is 241 g/mol. The van der Waals surface area contributed by atoms with Crippen LogP contribution in [0, 0.1) is 6.92 Å². The highest BCUT2D eigenvalue weighted by atomic mass is 32.2. The molecule has 0 aliphatic rings. The summed E-state index contributed by atoms with van der Waals surface area (Å²) in [5.41, 5.74) is 0.695.